The number of rotatable bonds is 11. The lowest BCUT2D eigenvalue weighted by Crippen LogP contribution is -2.35. The van der Waals surface area contributed by atoms with E-state index in [1.807, 2.05) is 67.6 Å². The molecular weight excluding hydrogens is 453 g/mol. The average molecular weight is 488 g/mol. The Bertz CT molecular complexity index is 1240. The fourth-order valence-electron chi connectivity index (χ4n) is 4.39. The molecule has 36 heavy (non-hydrogen) atoms. The van der Waals surface area contributed by atoms with E-state index >= 15 is 0 Å². The van der Waals surface area contributed by atoms with E-state index in [1.54, 1.807) is 22.9 Å². The van der Waals surface area contributed by atoms with Crippen LogP contribution in [-0.4, -0.2) is 39.0 Å². The Hall–Kier alpha value is -3.48. The molecule has 0 amide bonds. The highest BCUT2D eigenvalue weighted by atomic mass is 19.1. The van der Waals surface area contributed by atoms with Gasteiger partial charge in [0.05, 0.1) is 23.0 Å². The van der Waals surface area contributed by atoms with E-state index in [1.165, 1.54) is 6.07 Å². The Morgan fingerprint density at radius 1 is 0.917 bits per heavy atom. The Balaban J connectivity index is 1.65. The SMILES string of the molecule is Cc1nn(-c2ccccc2)c(Oc2ccccc2F)c1CN(CC(C)C)C[C@H](O)Cc1ccccc1. The van der Waals surface area contributed by atoms with Crippen molar-refractivity contribution < 1.29 is 14.2 Å². The van der Waals surface area contributed by atoms with Gasteiger partial charge in [0.15, 0.2) is 11.6 Å². The van der Waals surface area contributed by atoms with Crippen molar-refractivity contribution in [3.05, 3.63) is 108 Å². The summed E-state index contributed by atoms with van der Waals surface area (Å²) in [5.41, 5.74) is 3.61. The zero-order valence-corrected chi connectivity index (χ0v) is 21.1. The minimum atomic E-state index is -0.522. The van der Waals surface area contributed by atoms with Crippen LogP contribution < -0.4 is 4.74 Å². The fraction of sp³-hybridized carbons (Fsp3) is 0.300. The van der Waals surface area contributed by atoms with Gasteiger partial charge in [-0.3, -0.25) is 4.90 Å². The number of aliphatic hydroxyl groups is 1. The van der Waals surface area contributed by atoms with Crippen molar-refractivity contribution in [2.24, 2.45) is 5.92 Å². The molecule has 0 aliphatic heterocycles. The Kier molecular flexibility index (Phi) is 8.52. The Labute approximate surface area is 212 Å². The third kappa shape index (κ3) is 6.59. The van der Waals surface area contributed by atoms with Gasteiger partial charge in [0.25, 0.3) is 0 Å². The van der Waals surface area contributed by atoms with Gasteiger partial charge in [0, 0.05) is 19.6 Å². The van der Waals surface area contributed by atoms with Crippen LogP contribution >= 0.6 is 0 Å². The first kappa shape index (κ1) is 25.6. The molecule has 0 saturated carbocycles. The number of hydrogen-bond acceptors (Lipinski definition) is 4. The van der Waals surface area contributed by atoms with Crippen molar-refractivity contribution in [2.75, 3.05) is 13.1 Å². The van der Waals surface area contributed by atoms with Crippen molar-refractivity contribution in [2.45, 2.75) is 39.8 Å². The molecule has 4 rings (SSSR count). The summed E-state index contributed by atoms with van der Waals surface area (Å²) in [6.07, 6.45) is 0.0579. The second-order valence-corrected chi connectivity index (χ2v) is 9.58. The number of aliphatic hydroxyl groups excluding tert-OH is 1. The molecule has 5 nitrogen and oxygen atoms in total. The normalized spacial score (nSPS) is 12.3. The molecule has 1 heterocycles. The van der Waals surface area contributed by atoms with E-state index in [0.717, 1.165) is 29.1 Å². The average Bonchev–Trinajstić information content (AvgIpc) is 3.16. The van der Waals surface area contributed by atoms with Crippen LogP contribution in [0.3, 0.4) is 0 Å². The van der Waals surface area contributed by atoms with Gasteiger partial charge in [0.1, 0.15) is 0 Å². The second kappa shape index (κ2) is 12.0. The Morgan fingerprint density at radius 2 is 1.56 bits per heavy atom. The molecule has 0 aliphatic carbocycles. The molecule has 4 aromatic rings. The van der Waals surface area contributed by atoms with Crippen LogP contribution in [0.1, 0.15) is 30.7 Å². The fourth-order valence-corrected chi connectivity index (χ4v) is 4.39. The predicted octanol–water partition coefficient (Wildman–Crippen LogP) is 6.17. The number of aromatic nitrogens is 2. The smallest absolute Gasteiger partial charge is 0.227 e. The number of nitrogens with zero attached hydrogens (tertiary/aromatic N) is 3. The lowest BCUT2D eigenvalue weighted by atomic mass is 10.1. The molecule has 0 radical (unpaired) electrons. The highest BCUT2D eigenvalue weighted by Crippen LogP contribution is 2.33. The maximum atomic E-state index is 14.6. The molecule has 3 aromatic carbocycles. The highest BCUT2D eigenvalue weighted by molar-refractivity contribution is 5.43. The number of halogens is 1. The summed E-state index contributed by atoms with van der Waals surface area (Å²) in [5.74, 6) is 0.596. The van der Waals surface area contributed by atoms with Crippen molar-refractivity contribution in [1.82, 2.24) is 14.7 Å². The molecular formula is C30H34FN3O2. The number of ether oxygens (including phenoxy) is 1. The lowest BCUT2D eigenvalue weighted by molar-refractivity contribution is 0.101. The van der Waals surface area contributed by atoms with Gasteiger partial charge >= 0.3 is 0 Å². The van der Waals surface area contributed by atoms with Gasteiger partial charge in [-0.15, -0.1) is 0 Å². The summed E-state index contributed by atoms with van der Waals surface area (Å²) >= 11 is 0. The van der Waals surface area contributed by atoms with E-state index in [-0.39, 0.29) is 5.75 Å². The van der Waals surface area contributed by atoms with E-state index in [2.05, 4.69) is 18.7 Å². The number of para-hydroxylation sites is 2. The van der Waals surface area contributed by atoms with Gasteiger partial charge < -0.3 is 9.84 Å². The highest BCUT2D eigenvalue weighted by Gasteiger charge is 2.24. The first-order valence-corrected chi connectivity index (χ1v) is 12.4. The van der Waals surface area contributed by atoms with Crippen molar-refractivity contribution in [3.8, 4) is 17.3 Å². The van der Waals surface area contributed by atoms with E-state index in [4.69, 9.17) is 9.84 Å². The molecule has 1 aromatic heterocycles. The van der Waals surface area contributed by atoms with Crippen molar-refractivity contribution in [1.29, 1.82) is 0 Å². The van der Waals surface area contributed by atoms with Crippen molar-refractivity contribution >= 4 is 0 Å². The van der Waals surface area contributed by atoms with Gasteiger partial charge in [-0.1, -0.05) is 74.5 Å². The maximum absolute atomic E-state index is 14.6. The molecule has 6 heteroatoms. The van der Waals surface area contributed by atoms with Gasteiger partial charge in [-0.2, -0.15) is 5.10 Å². The standard InChI is InChI=1S/C30H34FN3O2/c1-22(2)19-33(20-26(35)18-24-12-6-4-7-13-24)21-27-23(3)32-34(25-14-8-5-9-15-25)30(27)36-29-17-11-10-16-28(29)31/h4-17,22,26,35H,18-21H2,1-3H3/t26-/m1/s1. The third-order valence-electron chi connectivity index (χ3n) is 5.97. The molecule has 1 atom stereocenters. The second-order valence-electron chi connectivity index (χ2n) is 9.58. The summed E-state index contributed by atoms with van der Waals surface area (Å²) in [6.45, 7) is 8.08. The zero-order valence-electron chi connectivity index (χ0n) is 21.1. The Morgan fingerprint density at radius 3 is 2.22 bits per heavy atom. The first-order valence-electron chi connectivity index (χ1n) is 12.4. The summed E-state index contributed by atoms with van der Waals surface area (Å²) < 4.78 is 22.5. The van der Waals surface area contributed by atoms with Crippen LogP contribution in [0.2, 0.25) is 0 Å². The molecule has 1 N–H and O–H groups in total. The van der Waals surface area contributed by atoms with Crippen LogP contribution in [0.4, 0.5) is 4.39 Å². The minimum absolute atomic E-state index is 0.148. The first-order chi connectivity index (χ1) is 17.4. The van der Waals surface area contributed by atoms with Crippen molar-refractivity contribution in [3.63, 3.8) is 0 Å². The van der Waals surface area contributed by atoms with Crippen LogP contribution in [0.15, 0.2) is 84.9 Å². The molecule has 0 unspecified atom stereocenters. The topological polar surface area (TPSA) is 50.5 Å². The van der Waals surface area contributed by atoms with E-state index < -0.39 is 11.9 Å². The van der Waals surface area contributed by atoms with Gasteiger partial charge in [0.2, 0.25) is 5.88 Å². The number of benzene rings is 3. The van der Waals surface area contributed by atoms with Crippen LogP contribution in [0.5, 0.6) is 11.6 Å². The maximum Gasteiger partial charge on any atom is 0.227 e. The molecule has 0 aliphatic rings. The summed E-state index contributed by atoms with van der Waals surface area (Å²) in [4.78, 5) is 2.23. The molecule has 0 bridgehead atoms. The third-order valence-corrected chi connectivity index (χ3v) is 5.97. The summed E-state index contributed by atoms with van der Waals surface area (Å²) in [5, 5.41) is 15.7. The van der Waals surface area contributed by atoms with E-state index in [0.29, 0.717) is 31.3 Å². The largest absolute Gasteiger partial charge is 0.435 e. The van der Waals surface area contributed by atoms with E-state index in [9.17, 15) is 9.50 Å². The lowest BCUT2D eigenvalue weighted by Gasteiger charge is -2.27. The quantitative estimate of drug-likeness (QED) is 0.275. The van der Waals surface area contributed by atoms with Crippen LogP contribution in [-0.2, 0) is 13.0 Å². The summed E-state index contributed by atoms with van der Waals surface area (Å²) in [6, 6.07) is 26.1. The summed E-state index contributed by atoms with van der Waals surface area (Å²) in [7, 11) is 0. The minimum Gasteiger partial charge on any atom is -0.435 e. The van der Waals surface area contributed by atoms with Crippen LogP contribution in [0.25, 0.3) is 5.69 Å². The molecule has 0 fully saturated rings. The number of aryl methyl sites for hydroxylation is 1. The molecule has 0 spiro atoms. The number of hydrogen-bond donors (Lipinski definition) is 1. The molecule has 188 valence electrons. The van der Waals surface area contributed by atoms with Gasteiger partial charge in [-0.25, -0.2) is 9.07 Å². The zero-order chi connectivity index (χ0) is 25.5. The van der Waals surface area contributed by atoms with Crippen LogP contribution in [0, 0.1) is 18.7 Å². The monoisotopic (exact) mass is 487 g/mol. The van der Waals surface area contributed by atoms with Gasteiger partial charge in [-0.05, 0) is 49.1 Å². The molecule has 0 saturated heterocycles. The predicted molar refractivity (Wildman–Crippen MR) is 141 cm³/mol.